The van der Waals surface area contributed by atoms with Crippen LogP contribution in [0.15, 0.2) is 22.9 Å². The first kappa shape index (κ1) is 13.8. The molecule has 5 nitrogen and oxygen atoms in total. The molecular formula is C11H16BrN3O2S. The summed E-state index contributed by atoms with van der Waals surface area (Å²) in [7, 11) is -3.48. The number of hydrogen-bond acceptors (Lipinski definition) is 3. The monoisotopic (exact) mass is 333 g/mol. The highest BCUT2D eigenvalue weighted by Gasteiger charge is 2.29. The first-order chi connectivity index (χ1) is 8.50. The fourth-order valence-electron chi connectivity index (χ4n) is 2.08. The minimum atomic E-state index is -3.48. The molecule has 0 bridgehead atoms. The number of nitrogens with one attached hydrogen (secondary N) is 1. The van der Waals surface area contributed by atoms with E-state index >= 15 is 0 Å². The Bertz CT molecular complexity index is 521. The van der Waals surface area contributed by atoms with Crippen LogP contribution in [0.1, 0.15) is 26.2 Å². The van der Waals surface area contributed by atoms with Crippen molar-refractivity contribution in [3.05, 3.63) is 22.9 Å². The lowest BCUT2D eigenvalue weighted by atomic mass is 10.1. The lowest BCUT2D eigenvalue weighted by Gasteiger charge is -2.32. The summed E-state index contributed by atoms with van der Waals surface area (Å²) in [6.45, 7) is 2.53. The van der Waals surface area contributed by atoms with E-state index in [1.54, 1.807) is 18.5 Å². The van der Waals surface area contributed by atoms with Gasteiger partial charge in [0, 0.05) is 25.0 Å². The molecule has 1 N–H and O–H groups in total. The molecule has 0 aromatic carbocycles. The zero-order chi connectivity index (χ0) is 13.2. The largest absolute Gasteiger partial charge is 0.301 e. The average molecular weight is 334 g/mol. The molecule has 1 aliphatic rings. The van der Waals surface area contributed by atoms with Crippen LogP contribution in [0, 0.1) is 0 Å². The minimum Gasteiger partial charge on any atom is -0.270 e. The first-order valence-corrected chi connectivity index (χ1v) is 8.13. The zero-order valence-corrected chi connectivity index (χ0v) is 12.5. The molecule has 1 aliphatic heterocycles. The van der Waals surface area contributed by atoms with Gasteiger partial charge < -0.3 is 0 Å². The van der Waals surface area contributed by atoms with Gasteiger partial charge in [-0.3, -0.25) is 9.71 Å². The molecule has 18 heavy (non-hydrogen) atoms. The Hall–Kier alpha value is -0.660. The predicted octanol–water partition coefficient (Wildman–Crippen LogP) is 2.38. The Balaban J connectivity index is 2.19. The summed E-state index contributed by atoms with van der Waals surface area (Å²) in [5.41, 5.74) is 0.516. The highest BCUT2D eigenvalue weighted by atomic mass is 79.9. The molecule has 2 rings (SSSR count). The number of hydrogen-bond donors (Lipinski definition) is 1. The smallest absolute Gasteiger partial charge is 0.270 e. The highest BCUT2D eigenvalue weighted by Crippen LogP contribution is 2.25. The normalized spacial score (nSPS) is 21.8. The van der Waals surface area contributed by atoms with Gasteiger partial charge in [0.2, 0.25) is 0 Å². The number of pyridine rings is 1. The van der Waals surface area contributed by atoms with Crippen molar-refractivity contribution >= 4 is 31.8 Å². The molecule has 7 heteroatoms. The Kier molecular flexibility index (Phi) is 4.24. The molecule has 1 aromatic heterocycles. The van der Waals surface area contributed by atoms with Crippen LogP contribution < -0.4 is 4.72 Å². The van der Waals surface area contributed by atoms with E-state index in [-0.39, 0.29) is 6.04 Å². The third-order valence-corrected chi connectivity index (χ3v) is 5.33. The summed E-state index contributed by atoms with van der Waals surface area (Å²) in [6.07, 6.45) is 6.05. The van der Waals surface area contributed by atoms with Crippen molar-refractivity contribution in [2.24, 2.45) is 0 Å². The van der Waals surface area contributed by atoms with Gasteiger partial charge in [-0.25, -0.2) is 0 Å². The average Bonchev–Trinajstić information content (AvgIpc) is 2.32. The number of halogens is 1. The third-order valence-electron chi connectivity index (χ3n) is 3.06. The van der Waals surface area contributed by atoms with E-state index in [1.807, 2.05) is 6.92 Å². The van der Waals surface area contributed by atoms with Crippen molar-refractivity contribution in [3.63, 3.8) is 0 Å². The predicted molar refractivity (Wildman–Crippen MR) is 74.5 cm³/mol. The summed E-state index contributed by atoms with van der Waals surface area (Å²) in [4.78, 5) is 3.91. The molecule has 100 valence electrons. The van der Waals surface area contributed by atoms with Gasteiger partial charge in [-0.05, 0) is 41.8 Å². The molecule has 0 spiro atoms. The molecule has 1 unspecified atom stereocenters. The maximum atomic E-state index is 12.3. The molecule has 1 atom stereocenters. The van der Waals surface area contributed by atoms with E-state index < -0.39 is 10.2 Å². The van der Waals surface area contributed by atoms with Gasteiger partial charge in [-0.15, -0.1) is 0 Å². The van der Waals surface area contributed by atoms with Crippen molar-refractivity contribution in [1.29, 1.82) is 0 Å². The Labute approximate surface area is 116 Å². The summed E-state index contributed by atoms with van der Waals surface area (Å²) >= 11 is 3.28. The fourth-order valence-corrected chi connectivity index (χ4v) is 4.09. The van der Waals surface area contributed by atoms with Crippen molar-refractivity contribution in [3.8, 4) is 0 Å². The number of rotatable bonds is 3. The van der Waals surface area contributed by atoms with Crippen LogP contribution in [-0.2, 0) is 10.2 Å². The van der Waals surface area contributed by atoms with Crippen LogP contribution in [0.5, 0.6) is 0 Å². The SMILES string of the molecule is CC1CCCCN1S(=O)(=O)Nc1ccncc1Br. The summed E-state index contributed by atoms with van der Waals surface area (Å²) in [5, 5.41) is 0. The number of piperidine rings is 1. The topological polar surface area (TPSA) is 62.3 Å². The van der Waals surface area contributed by atoms with Gasteiger partial charge in [0.15, 0.2) is 0 Å². The van der Waals surface area contributed by atoms with Crippen LogP contribution in [0.2, 0.25) is 0 Å². The van der Waals surface area contributed by atoms with Crippen LogP contribution in [0.4, 0.5) is 5.69 Å². The van der Waals surface area contributed by atoms with E-state index in [9.17, 15) is 8.42 Å². The molecule has 2 heterocycles. The molecule has 0 saturated carbocycles. The first-order valence-electron chi connectivity index (χ1n) is 5.90. The van der Waals surface area contributed by atoms with Crippen LogP contribution in [-0.4, -0.2) is 30.3 Å². The van der Waals surface area contributed by atoms with Crippen LogP contribution in [0.3, 0.4) is 0 Å². The molecular weight excluding hydrogens is 318 g/mol. The Morgan fingerprint density at radius 2 is 2.28 bits per heavy atom. The number of aromatic nitrogens is 1. The molecule has 1 aromatic rings. The maximum absolute atomic E-state index is 12.3. The lowest BCUT2D eigenvalue weighted by Crippen LogP contribution is -2.44. The van der Waals surface area contributed by atoms with Gasteiger partial charge in [0.1, 0.15) is 0 Å². The second-order valence-corrected chi connectivity index (χ2v) is 6.90. The van der Waals surface area contributed by atoms with E-state index in [0.717, 1.165) is 19.3 Å². The van der Waals surface area contributed by atoms with Gasteiger partial charge >= 0.3 is 10.2 Å². The maximum Gasteiger partial charge on any atom is 0.301 e. The molecule has 0 amide bonds. The van der Waals surface area contributed by atoms with Gasteiger partial charge in [0.25, 0.3) is 0 Å². The van der Waals surface area contributed by atoms with Crippen molar-refractivity contribution < 1.29 is 8.42 Å². The van der Waals surface area contributed by atoms with Gasteiger partial charge in [-0.2, -0.15) is 12.7 Å². The molecule has 1 fully saturated rings. The standard InChI is InChI=1S/C11H16BrN3O2S/c1-9-4-2-3-7-15(9)18(16,17)14-11-5-6-13-8-10(11)12/h5-6,8-9H,2-4,7H2,1H3,(H,13,14). The van der Waals surface area contributed by atoms with E-state index in [2.05, 4.69) is 25.6 Å². The van der Waals surface area contributed by atoms with Gasteiger partial charge in [0.05, 0.1) is 10.2 Å². The van der Waals surface area contributed by atoms with Crippen molar-refractivity contribution in [2.45, 2.75) is 32.2 Å². The highest BCUT2D eigenvalue weighted by molar-refractivity contribution is 9.10. The quantitative estimate of drug-likeness (QED) is 0.923. The van der Waals surface area contributed by atoms with E-state index in [4.69, 9.17) is 0 Å². The van der Waals surface area contributed by atoms with Crippen LogP contribution >= 0.6 is 15.9 Å². The third kappa shape index (κ3) is 3.02. The summed E-state index contributed by atoms with van der Waals surface area (Å²) in [5.74, 6) is 0. The van der Waals surface area contributed by atoms with Crippen molar-refractivity contribution in [2.75, 3.05) is 11.3 Å². The van der Waals surface area contributed by atoms with Crippen LogP contribution in [0.25, 0.3) is 0 Å². The second kappa shape index (κ2) is 5.54. The van der Waals surface area contributed by atoms with Crippen molar-refractivity contribution in [1.82, 2.24) is 9.29 Å². The molecule has 0 radical (unpaired) electrons. The zero-order valence-electron chi connectivity index (χ0n) is 10.1. The lowest BCUT2D eigenvalue weighted by molar-refractivity contribution is 0.270. The summed E-state index contributed by atoms with van der Waals surface area (Å²) < 4.78 is 29.3. The minimum absolute atomic E-state index is 0.0527. The Morgan fingerprint density at radius 3 is 2.94 bits per heavy atom. The number of nitrogens with zero attached hydrogens (tertiary/aromatic N) is 2. The molecule has 1 saturated heterocycles. The second-order valence-electron chi connectivity index (χ2n) is 4.42. The fraction of sp³-hybridized carbons (Fsp3) is 0.545. The van der Waals surface area contributed by atoms with E-state index in [1.165, 1.54) is 4.31 Å². The Morgan fingerprint density at radius 1 is 1.50 bits per heavy atom. The molecule has 0 aliphatic carbocycles. The number of anilines is 1. The van der Waals surface area contributed by atoms with E-state index in [0.29, 0.717) is 16.7 Å². The summed E-state index contributed by atoms with van der Waals surface area (Å²) in [6, 6.07) is 1.69. The van der Waals surface area contributed by atoms with Gasteiger partial charge in [-0.1, -0.05) is 6.42 Å².